The van der Waals surface area contributed by atoms with Crippen LogP contribution in [0.2, 0.25) is 0 Å². The van der Waals surface area contributed by atoms with Gasteiger partial charge in [-0.05, 0) is 43.2 Å². The topological polar surface area (TPSA) is 258 Å². The van der Waals surface area contributed by atoms with Crippen LogP contribution in [0.4, 0.5) is 5.69 Å². The number of imidazole rings is 1. The monoisotopic (exact) mass is 741 g/mol. The van der Waals surface area contributed by atoms with Crippen molar-refractivity contribution in [2.24, 2.45) is 17.6 Å². The number of hydrogen-bond donors (Lipinski definition) is 7. The summed E-state index contributed by atoms with van der Waals surface area (Å²) in [7, 11) is 1.77. The Bertz CT molecular complexity index is 1620. The lowest BCUT2D eigenvalue weighted by molar-refractivity contribution is -0.139. The van der Waals surface area contributed by atoms with E-state index in [1.807, 2.05) is 44.2 Å². The maximum atomic E-state index is 14.0. The fourth-order valence-electron chi connectivity index (χ4n) is 6.19. The van der Waals surface area contributed by atoms with E-state index in [2.05, 4.69) is 26.3 Å². The number of aromatic nitrogens is 2. The maximum absolute atomic E-state index is 14.0. The van der Waals surface area contributed by atoms with Crippen LogP contribution < -0.4 is 32.0 Å². The van der Waals surface area contributed by atoms with Gasteiger partial charge < -0.3 is 42.1 Å². The molecule has 2 aromatic rings. The summed E-state index contributed by atoms with van der Waals surface area (Å²) >= 11 is 0. The van der Waals surface area contributed by atoms with Crippen molar-refractivity contribution in [2.45, 2.75) is 90.0 Å². The molecular formula is C35H51N9O9. The molecule has 1 aromatic carbocycles. The number of aliphatic carboxylic acids is 1. The van der Waals surface area contributed by atoms with E-state index < -0.39 is 84.7 Å². The van der Waals surface area contributed by atoms with Crippen molar-refractivity contribution in [2.75, 3.05) is 25.2 Å². The van der Waals surface area contributed by atoms with Crippen LogP contribution >= 0.6 is 0 Å². The minimum Gasteiger partial charge on any atom is -0.481 e. The van der Waals surface area contributed by atoms with Crippen LogP contribution in [0.15, 0.2) is 42.9 Å². The normalized spacial score (nSPS) is 16.8. The van der Waals surface area contributed by atoms with Gasteiger partial charge in [-0.1, -0.05) is 39.0 Å². The van der Waals surface area contributed by atoms with E-state index in [-0.39, 0.29) is 24.7 Å². The Morgan fingerprint density at radius 1 is 0.943 bits per heavy atom. The summed E-state index contributed by atoms with van der Waals surface area (Å²) in [6.45, 7) is 5.97. The Morgan fingerprint density at radius 2 is 1.57 bits per heavy atom. The van der Waals surface area contributed by atoms with Gasteiger partial charge in [0.05, 0.1) is 30.6 Å². The Balaban J connectivity index is 1.91. The van der Waals surface area contributed by atoms with Gasteiger partial charge in [-0.2, -0.15) is 0 Å². The van der Waals surface area contributed by atoms with Crippen LogP contribution in [0.3, 0.4) is 0 Å². The van der Waals surface area contributed by atoms with Crippen LogP contribution in [0.5, 0.6) is 0 Å². The minimum atomic E-state index is -1.64. The van der Waals surface area contributed by atoms with Crippen molar-refractivity contribution in [1.82, 2.24) is 35.8 Å². The van der Waals surface area contributed by atoms with E-state index in [4.69, 9.17) is 10.8 Å². The number of carboxylic acid groups (broad SMARTS) is 1. The molecule has 6 atom stereocenters. The number of para-hydroxylation sites is 1. The summed E-state index contributed by atoms with van der Waals surface area (Å²) in [6.07, 6.45) is 3.59. The number of nitrogens with zero attached hydrogens (tertiary/aromatic N) is 4. The molecule has 53 heavy (non-hydrogen) atoms. The summed E-state index contributed by atoms with van der Waals surface area (Å²) in [4.78, 5) is 95.6. The number of benzene rings is 1. The molecule has 1 saturated heterocycles. The number of carbonyl (C=O) groups excluding carboxylic acids is 6. The van der Waals surface area contributed by atoms with E-state index >= 15 is 0 Å². The molecule has 1 fully saturated rings. The molecule has 0 unspecified atom stereocenters. The summed E-state index contributed by atoms with van der Waals surface area (Å²) in [5, 5.41) is 31.2. The quantitative estimate of drug-likeness (QED) is 0.0910. The highest BCUT2D eigenvalue weighted by Gasteiger charge is 2.37. The highest BCUT2D eigenvalue weighted by Crippen LogP contribution is 2.19. The molecule has 8 N–H and O–H groups in total. The highest BCUT2D eigenvalue weighted by atomic mass is 16.4. The molecule has 1 aliphatic heterocycles. The minimum absolute atomic E-state index is 0.0732. The Morgan fingerprint density at radius 3 is 2.15 bits per heavy atom. The van der Waals surface area contributed by atoms with Crippen LogP contribution in [-0.2, 0) is 40.0 Å². The van der Waals surface area contributed by atoms with Gasteiger partial charge in [0.25, 0.3) is 0 Å². The van der Waals surface area contributed by atoms with Gasteiger partial charge in [-0.3, -0.25) is 38.6 Å². The van der Waals surface area contributed by atoms with Gasteiger partial charge in [0.2, 0.25) is 35.4 Å². The molecule has 290 valence electrons. The average Bonchev–Trinajstić information content (AvgIpc) is 3.78. The number of nitrogens with one attached hydrogen (secondary N) is 4. The first kappa shape index (κ1) is 41.9. The zero-order valence-corrected chi connectivity index (χ0v) is 30.7. The summed E-state index contributed by atoms with van der Waals surface area (Å²) < 4.78 is 1.66. The lowest BCUT2D eigenvalue weighted by Gasteiger charge is -2.29. The molecule has 1 aromatic heterocycles. The molecule has 18 nitrogen and oxygen atoms in total. The van der Waals surface area contributed by atoms with E-state index in [1.54, 1.807) is 16.7 Å². The number of nitrogens with two attached hydrogens (primary N) is 1. The molecule has 0 bridgehead atoms. The van der Waals surface area contributed by atoms with Gasteiger partial charge in [-0.25, -0.2) is 9.66 Å². The molecule has 0 saturated carbocycles. The third-order valence-electron chi connectivity index (χ3n) is 8.98. The van der Waals surface area contributed by atoms with Crippen LogP contribution in [0.1, 0.15) is 59.1 Å². The van der Waals surface area contributed by atoms with Crippen molar-refractivity contribution in [3.63, 3.8) is 0 Å². The number of aliphatic hydroxyl groups is 1. The summed E-state index contributed by atoms with van der Waals surface area (Å²) in [5.41, 5.74) is 6.66. The van der Waals surface area contributed by atoms with Gasteiger partial charge in [0, 0.05) is 26.9 Å². The third-order valence-corrected chi connectivity index (χ3v) is 8.98. The zero-order valence-electron chi connectivity index (χ0n) is 30.7. The Hall–Kier alpha value is -5.52. The fourth-order valence-corrected chi connectivity index (χ4v) is 6.19. The molecule has 0 spiro atoms. The number of carboxylic acids is 1. The molecule has 0 aliphatic carbocycles. The number of amides is 6. The number of carbonyl (C=O) groups is 7. The van der Waals surface area contributed by atoms with Gasteiger partial charge in [0.1, 0.15) is 36.5 Å². The van der Waals surface area contributed by atoms with Crippen LogP contribution in [0, 0.1) is 11.8 Å². The first-order chi connectivity index (χ1) is 25.0. The van der Waals surface area contributed by atoms with Gasteiger partial charge in [0.15, 0.2) is 0 Å². The molecule has 2 heterocycles. The average molecular weight is 742 g/mol. The molecular weight excluding hydrogens is 690 g/mol. The molecule has 18 heteroatoms. The van der Waals surface area contributed by atoms with Crippen molar-refractivity contribution in [3.8, 4) is 0 Å². The van der Waals surface area contributed by atoms with E-state index in [1.165, 1.54) is 31.3 Å². The lowest BCUT2D eigenvalue weighted by Crippen LogP contribution is -2.60. The number of aliphatic hydroxyl groups excluding tert-OH is 1. The van der Waals surface area contributed by atoms with Crippen molar-refractivity contribution in [3.05, 3.63) is 48.5 Å². The molecule has 3 rings (SSSR count). The first-order valence-electron chi connectivity index (χ1n) is 17.4. The number of hydrogen-bond acceptors (Lipinski definition) is 10. The Kier molecular flexibility index (Phi) is 15.3. The predicted octanol–water partition coefficient (Wildman–Crippen LogP) is -1.09. The Labute approximate surface area is 307 Å². The van der Waals surface area contributed by atoms with E-state index in [0.29, 0.717) is 25.1 Å². The third kappa shape index (κ3) is 11.7. The number of likely N-dealkylation sites (tertiary alicyclic amines) is 1. The molecule has 0 radical (unpaired) electrons. The largest absolute Gasteiger partial charge is 0.481 e. The van der Waals surface area contributed by atoms with Gasteiger partial charge >= 0.3 is 5.97 Å². The van der Waals surface area contributed by atoms with E-state index in [9.17, 15) is 38.7 Å². The smallest absolute Gasteiger partial charge is 0.303 e. The van der Waals surface area contributed by atoms with E-state index in [0.717, 1.165) is 5.69 Å². The summed E-state index contributed by atoms with van der Waals surface area (Å²) in [6, 6.07) is 2.94. The standard InChI is InChI=1S/C35H51N9O9/c1-20(2)14-25(39-35(53)28-12-9-13-43(28)22(4)46)32(50)38-26(16-24-17-37-19-44(24)42(5)23-10-7-6-8-11-23)33(51)40-27(18-45)34(52)41-30(31(36)49)21(3)15-29(47)48/h6-8,10-11,17,19-21,25-28,30,45H,9,12-16,18H2,1-5H3,(H2,36,49)(H,38,50)(H,39,53)(H,40,51)(H,41,52)(H,47,48)/t21-,25-,26-,27-,28-,30-/m0/s1. The number of anilines is 1. The molecule has 1 aliphatic rings. The molecule has 6 amide bonds. The summed E-state index contributed by atoms with van der Waals surface area (Å²) in [5.74, 6) is -6.62. The first-order valence-corrected chi connectivity index (χ1v) is 17.4. The van der Waals surface area contributed by atoms with Crippen molar-refractivity contribution in [1.29, 1.82) is 0 Å². The van der Waals surface area contributed by atoms with Gasteiger partial charge in [-0.15, -0.1) is 0 Å². The van der Waals surface area contributed by atoms with Crippen molar-refractivity contribution < 1.29 is 43.8 Å². The van der Waals surface area contributed by atoms with Crippen molar-refractivity contribution >= 4 is 47.1 Å². The number of rotatable bonds is 19. The van der Waals surface area contributed by atoms with Crippen LogP contribution in [0.25, 0.3) is 0 Å². The predicted molar refractivity (Wildman–Crippen MR) is 191 cm³/mol. The fraction of sp³-hybridized carbons (Fsp3) is 0.543. The highest BCUT2D eigenvalue weighted by molar-refractivity contribution is 5.96. The second-order valence-corrected chi connectivity index (χ2v) is 13.6. The second kappa shape index (κ2) is 19.4. The number of primary amides is 1. The maximum Gasteiger partial charge on any atom is 0.303 e. The van der Waals surface area contributed by atoms with Crippen LogP contribution in [-0.4, -0.2) is 117 Å². The zero-order chi connectivity index (χ0) is 39.4. The lowest BCUT2D eigenvalue weighted by atomic mass is 9.97. The second-order valence-electron chi connectivity index (χ2n) is 13.6. The SMILES string of the molecule is CC(=O)N1CCC[C@H]1C(=O)N[C@@H](CC(C)C)C(=O)N[C@@H](Cc1cncn1N(C)c1ccccc1)C(=O)N[C@@H](CO)C(=O)N[C@H](C(N)=O)[C@@H](C)CC(=O)O.